The zero-order valence-electron chi connectivity index (χ0n) is 15.2. The summed E-state index contributed by atoms with van der Waals surface area (Å²) in [5.41, 5.74) is 0.681. The number of benzene rings is 1. The minimum Gasteiger partial charge on any atom is -0.493 e. The van der Waals surface area contributed by atoms with E-state index < -0.39 is 15.9 Å². The van der Waals surface area contributed by atoms with Gasteiger partial charge in [0.25, 0.3) is 5.91 Å². The van der Waals surface area contributed by atoms with E-state index in [-0.39, 0.29) is 18.0 Å². The fraction of sp³-hybridized carbons (Fsp3) is 0.471. The van der Waals surface area contributed by atoms with Gasteiger partial charge in [-0.2, -0.15) is 0 Å². The van der Waals surface area contributed by atoms with Crippen LogP contribution in [0, 0.1) is 0 Å². The highest BCUT2D eigenvalue weighted by Gasteiger charge is 2.13. The van der Waals surface area contributed by atoms with Crippen molar-refractivity contribution < 1.29 is 22.7 Å². The van der Waals surface area contributed by atoms with E-state index in [2.05, 4.69) is 5.32 Å². The Morgan fingerprint density at radius 2 is 1.88 bits per heavy atom. The molecule has 0 fully saturated rings. The number of amides is 1. The molecule has 8 heteroatoms. The van der Waals surface area contributed by atoms with Crippen molar-refractivity contribution in [2.24, 2.45) is 0 Å². The summed E-state index contributed by atoms with van der Waals surface area (Å²) in [5.74, 6) is 0.0951. The van der Waals surface area contributed by atoms with Gasteiger partial charge in [-0.1, -0.05) is 6.07 Å². The number of ether oxygens (including phenoxy) is 2. The van der Waals surface area contributed by atoms with Crippen molar-refractivity contribution in [3.05, 3.63) is 29.8 Å². The van der Waals surface area contributed by atoms with E-state index in [0.29, 0.717) is 17.1 Å². The molecule has 2 N–H and O–H groups in total. The first-order valence-corrected chi connectivity index (χ1v) is 9.59. The Morgan fingerprint density at radius 3 is 2.44 bits per heavy atom. The maximum absolute atomic E-state index is 11.8. The Morgan fingerprint density at radius 1 is 1.20 bits per heavy atom. The third-order valence-electron chi connectivity index (χ3n) is 2.92. The minimum absolute atomic E-state index is 0.00116. The second-order valence-corrected chi connectivity index (χ2v) is 7.72. The Balaban J connectivity index is 2.76. The largest absolute Gasteiger partial charge is 0.493 e. The second-order valence-electron chi connectivity index (χ2n) is 5.99. The Labute approximate surface area is 149 Å². The zero-order chi connectivity index (χ0) is 19.0. The maximum atomic E-state index is 11.8. The lowest BCUT2D eigenvalue weighted by Crippen LogP contribution is -2.38. The van der Waals surface area contributed by atoms with Crippen molar-refractivity contribution in [2.45, 2.75) is 39.8 Å². The van der Waals surface area contributed by atoms with E-state index in [4.69, 9.17) is 9.47 Å². The summed E-state index contributed by atoms with van der Waals surface area (Å²) in [5, 5.41) is 2.74. The molecule has 0 aliphatic rings. The number of sulfonamides is 1. The predicted octanol–water partition coefficient (Wildman–Crippen LogP) is 1.90. The molecule has 0 aliphatic carbocycles. The Hall–Kier alpha value is -2.06. The van der Waals surface area contributed by atoms with Gasteiger partial charge in [0.05, 0.1) is 13.2 Å². The molecule has 0 saturated heterocycles. The number of hydrogen-bond acceptors (Lipinski definition) is 6. The molecule has 1 amide bonds. The van der Waals surface area contributed by atoms with Crippen LogP contribution in [0.25, 0.3) is 6.08 Å². The highest BCUT2D eigenvalue weighted by molar-refractivity contribution is 7.90. The average Bonchev–Trinajstić information content (AvgIpc) is 2.51. The summed E-state index contributed by atoms with van der Waals surface area (Å²) in [6, 6.07) is 5.19. The van der Waals surface area contributed by atoms with E-state index >= 15 is 0 Å². The highest BCUT2D eigenvalue weighted by atomic mass is 32.2. The van der Waals surface area contributed by atoms with Gasteiger partial charge in [-0.05, 0) is 51.5 Å². The van der Waals surface area contributed by atoms with Crippen LogP contribution >= 0.6 is 0 Å². The van der Waals surface area contributed by atoms with E-state index in [0.717, 1.165) is 6.08 Å². The van der Waals surface area contributed by atoms with Crippen LogP contribution in [0.2, 0.25) is 0 Å². The fourth-order valence-electron chi connectivity index (χ4n) is 1.81. The molecule has 0 atom stereocenters. The molecular formula is C17H26N2O5S. The monoisotopic (exact) mass is 370 g/mol. The molecule has 0 spiro atoms. The van der Waals surface area contributed by atoms with Crippen molar-refractivity contribution in [2.75, 3.05) is 13.0 Å². The molecule has 0 radical (unpaired) electrons. The van der Waals surface area contributed by atoms with Gasteiger partial charge in [0, 0.05) is 12.1 Å². The van der Waals surface area contributed by atoms with E-state index in [1.165, 1.54) is 13.2 Å². The van der Waals surface area contributed by atoms with Crippen LogP contribution in [0.15, 0.2) is 24.3 Å². The molecule has 1 aromatic carbocycles. The summed E-state index contributed by atoms with van der Waals surface area (Å²) < 4.78 is 36.3. The Bertz CT molecular complexity index is 712. The van der Waals surface area contributed by atoms with Gasteiger partial charge in [-0.25, -0.2) is 13.1 Å². The summed E-state index contributed by atoms with van der Waals surface area (Å²) in [7, 11) is -2.20. The van der Waals surface area contributed by atoms with Crippen molar-refractivity contribution >= 4 is 22.0 Å². The van der Waals surface area contributed by atoms with E-state index in [1.807, 2.05) is 32.4 Å². The molecule has 0 aliphatic heterocycles. The highest BCUT2D eigenvalue weighted by Crippen LogP contribution is 2.29. The molecule has 1 aromatic rings. The molecule has 0 saturated carbocycles. The molecule has 0 heterocycles. The molecule has 0 bridgehead atoms. The molecular weight excluding hydrogens is 344 g/mol. The van der Waals surface area contributed by atoms with Gasteiger partial charge in [0.2, 0.25) is 10.0 Å². The lowest BCUT2D eigenvalue weighted by Gasteiger charge is -2.13. The number of carbonyl (C=O) groups is 1. The van der Waals surface area contributed by atoms with Crippen LogP contribution in [-0.4, -0.2) is 39.5 Å². The van der Waals surface area contributed by atoms with Crippen molar-refractivity contribution in [1.29, 1.82) is 0 Å². The average molecular weight is 370 g/mol. The van der Waals surface area contributed by atoms with Crippen LogP contribution in [0.4, 0.5) is 0 Å². The first-order valence-electron chi connectivity index (χ1n) is 7.93. The van der Waals surface area contributed by atoms with Crippen LogP contribution in [0.1, 0.15) is 33.3 Å². The normalized spacial score (nSPS) is 12.0. The molecule has 0 unspecified atom stereocenters. The van der Waals surface area contributed by atoms with Gasteiger partial charge in [-0.15, -0.1) is 0 Å². The van der Waals surface area contributed by atoms with Gasteiger partial charge in [-0.3, -0.25) is 10.1 Å². The standard InChI is InChI=1S/C17H26N2O5S/c1-12(2)18-11-25(21,22)19-17(20)9-7-14-6-8-15(24-13(3)4)16(10-14)23-5/h6-10,12-13,18H,11H2,1-5H3,(H,19,20)/b9-7+. The van der Waals surface area contributed by atoms with Crippen LogP contribution in [0.3, 0.4) is 0 Å². The molecule has 0 aromatic heterocycles. The maximum Gasteiger partial charge on any atom is 0.257 e. The number of nitrogens with one attached hydrogen (secondary N) is 2. The van der Waals surface area contributed by atoms with E-state index in [1.54, 1.807) is 18.2 Å². The predicted molar refractivity (Wildman–Crippen MR) is 98.0 cm³/mol. The number of carbonyl (C=O) groups excluding carboxylic acids is 1. The molecule has 7 nitrogen and oxygen atoms in total. The number of rotatable bonds is 9. The number of methoxy groups -OCH3 is 1. The SMILES string of the molecule is COc1cc(/C=C/C(=O)NS(=O)(=O)CNC(C)C)ccc1OC(C)C. The fourth-order valence-corrected chi connectivity index (χ4v) is 2.81. The van der Waals surface area contributed by atoms with Crippen LogP contribution in [0.5, 0.6) is 11.5 Å². The summed E-state index contributed by atoms with van der Waals surface area (Å²) in [6.45, 7) is 7.45. The van der Waals surface area contributed by atoms with Gasteiger partial charge in [0.15, 0.2) is 11.5 Å². The van der Waals surface area contributed by atoms with Gasteiger partial charge in [0.1, 0.15) is 5.88 Å². The number of hydrogen-bond donors (Lipinski definition) is 2. The first kappa shape index (κ1) is 21.0. The van der Waals surface area contributed by atoms with Crippen molar-refractivity contribution in [3.8, 4) is 11.5 Å². The van der Waals surface area contributed by atoms with Crippen molar-refractivity contribution in [1.82, 2.24) is 10.0 Å². The first-order chi connectivity index (χ1) is 11.6. The summed E-state index contributed by atoms with van der Waals surface area (Å²) >= 11 is 0. The van der Waals surface area contributed by atoms with Crippen molar-refractivity contribution in [3.63, 3.8) is 0 Å². The molecule has 25 heavy (non-hydrogen) atoms. The topological polar surface area (TPSA) is 93.7 Å². The lowest BCUT2D eigenvalue weighted by molar-refractivity contribution is -0.114. The van der Waals surface area contributed by atoms with Crippen LogP contribution < -0.4 is 19.5 Å². The zero-order valence-corrected chi connectivity index (χ0v) is 16.0. The third kappa shape index (κ3) is 8.04. The molecule has 140 valence electrons. The lowest BCUT2D eigenvalue weighted by atomic mass is 10.2. The smallest absolute Gasteiger partial charge is 0.257 e. The van der Waals surface area contributed by atoms with Gasteiger partial charge >= 0.3 is 0 Å². The third-order valence-corrected chi connectivity index (χ3v) is 3.97. The Kier molecular flexibility index (Phi) is 7.92. The molecule has 1 rings (SSSR count). The van der Waals surface area contributed by atoms with Gasteiger partial charge < -0.3 is 9.47 Å². The summed E-state index contributed by atoms with van der Waals surface area (Å²) in [4.78, 5) is 11.8. The van der Waals surface area contributed by atoms with Crippen LogP contribution in [-0.2, 0) is 14.8 Å². The van der Waals surface area contributed by atoms with E-state index in [9.17, 15) is 13.2 Å². The quantitative estimate of drug-likeness (QED) is 0.645. The summed E-state index contributed by atoms with van der Waals surface area (Å²) in [6.07, 6.45) is 2.67. The second kappa shape index (κ2) is 9.43. The minimum atomic E-state index is -3.72.